The summed E-state index contributed by atoms with van der Waals surface area (Å²) in [6.45, 7) is 0.957. The molecule has 9 nitrogen and oxygen atoms in total. The average molecular weight is 482 g/mol. The standard InChI is InChI=1S/C24H25F2N7O2/c1-32-19-13-28-23(31-20(19)33(18-3-2-4-18)14-24(25,26)22(32)35)30-16-7-5-15(6-8-16)21(34)29-17-9-11-27-12-10-17/h2-8,13,17,27H,9-12,14H2,1H3,(H,29,34)(H,28,30,31). The largest absolute Gasteiger partial charge is 0.349 e. The number of rotatable bonds is 5. The van der Waals surface area contributed by atoms with Crippen molar-refractivity contribution in [3.05, 3.63) is 60.0 Å². The van der Waals surface area contributed by atoms with Crippen molar-refractivity contribution in [3.8, 4) is 0 Å². The molecule has 1 aromatic carbocycles. The molecule has 35 heavy (non-hydrogen) atoms. The smallest absolute Gasteiger partial charge is 0.342 e. The maximum atomic E-state index is 14.6. The van der Waals surface area contributed by atoms with E-state index in [-0.39, 0.29) is 29.4 Å². The Morgan fingerprint density at radius 2 is 1.91 bits per heavy atom. The first-order valence-electron chi connectivity index (χ1n) is 11.4. The van der Waals surface area contributed by atoms with Crippen LogP contribution in [0.15, 0.2) is 54.4 Å². The predicted octanol–water partition coefficient (Wildman–Crippen LogP) is 2.57. The molecule has 5 rings (SSSR count). The van der Waals surface area contributed by atoms with Crippen molar-refractivity contribution in [2.24, 2.45) is 0 Å². The second-order valence-electron chi connectivity index (χ2n) is 8.71. The van der Waals surface area contributed by atoms with E-state index in [1.54, 1.807) is 42.5 Å². The summed E-state index contributed by atoms with van der Waals surface area (Å²) >= 11 is 0. The highest BCUT2D eigenvalue weighted by molar-refractivity contribution is 6.02. The lowest BCUT2D eigenvalue weighted by Crippen LogP contribution is -2.46. The van der Waals surface area contributed by atoms with E-state index in [4.69, 9.17) is 0 Å². The molecule has 1 aromatic heterocycles. The number of piperidine rings is 1. The minimum absolute atomic E-state index is 0.129. The number of carbonyl (C=O) groups is 2. The van der Waals surface area contributed by atoms with E-state index in [2.05, 4.69) is 25.9 Å². The fraction of sp³-hybridized carbons (Fsp3) is 0.333. The molecule has 0 radical (unpaired) electrons. The van der Waals surface area contributed by atoms with E-state index in [1.165, 1.54) is 18.1 Å². The fourth-order valence-corrected chi connectivity index (χ4v) is 4.20. The maximum absolute atomic E-state index is 14.6. The number of amides is 2. The summed E-state index contributed by atoms with van der Waals surface area (Å²) < 4.78 is 29.1. The van der Waals surface area contributed by atoms with E-state index in [0.29, 0.717) is 16.9 Å². The van der Waals surface area contributed by atoms with Gasteiger partial charge in [-0.1, -0.05) is 6.08 Å². The summed E-state index contributed by atoms with van der Waals surface area (Å²) in [7, 11) is 1.29. The number of nitrogens with zero attached hydrogens (tertiary/aromatic N) is 4. The van der Waals surface area contributed by atoms with Gasteiger partial charge in [-0.25, -0.2) is 4.98 Å². The lowest BCUT2D eigenvalue weighted by molar-refractivity contribution is -0.140. The molecule has 0 spiro atoms. The van der Waals surface area contributed by atoms with Crippen LogP contribution in [0.5, 0.6) is 0 Å². The van der Waals surface area contributed by atoms with Gasteiger partial charge in [0, 0.05) is 30.0 Å². The number of hydrogen-bond donors (Lipinski definition) is 3. The third-order valence-corrected chi connectivity index (χ3v) is 6.26. The second-order valence-corrected chi connectivity index (χ2v) is 8.71. The highest BCUT2D eigenvalue weighted by Gasteiger charge is 2.48. The van der Waals surface area contributed by atoms with E-state index in [1.807, 2.05) is 0 Å². The van der Waals surface area contributed by atoms with Gasteiger partial charge in [-0.15, -0.1) is 0 Å². The van der Waals surface area contributed by atoms with Crippen molar-refractivity contribution in [2.45, 2.75) is 24.8 Å². The normalized spacial score (nSPS) is 19.4. The number of benzene rings is 1. The third kappa shape index (κ3) is 4.59. The molecule has 1 saturated heterocycles. The Morgan fingerprint density at radius 3 is 2.57 bits per heavy atom. The van der Waals surface area contributed by atoms with Gasteiger partial charge in [0.05, 0.1) is 12.7 Å². The van der Waals surface area contributed by atoms with Gasteiger partial charge in [-0.2, -0.15) is 13.8 Å². The number of halogens is 2. The molecular weight excluding hydrogens is 456 g/mol. The van der Waals surface area contributed by atoms with Gasteiger partial charge >= 0.3 is 5.92 Å². The number of alkyl halides is 2. The summed E-state index contributed by atoms with van der Waals surface area (Å²) in [5.41, 5.74) is 1.88. The highest BCUT2D eigenvalue weighted by Crippen LogP contribution is 2.38. The molecule has 2 amide bonds. The highest BCUT2D eigenvalue weighted by atomic mass is 19.3. The topological polar surface area (TPSA) is 102 Å². The molecule has 3 heterocycles. The Morgan fingerprint density at radius 1 is 1.20 bits per heavy atom. The van der Waals surface area contributed by atoms with Gasteiger partial charge in [-0.3, -0.25) is 9.59 Å². The first kappa shape index (κ1) is 22.9. The van der Waals surface area contributed by atoms with Crippen LogP contribution in [-0.2, 0) is 4.79 Å². The Labute approximate surface area is 200 Å². The van der Waals surface area contributed by atoms with Crippen LogP contribution >= 0.6 is 0 Å². The molecule has 11 heteroatoms. The van der Waals surface area contributed by atoms with Gasteiger partial charge in [0.1, 0.15) is 5.69 Å². The Hall–Kier alpha value is -3.86. The van der Waals surface area contributed by atoms with E-state index < -0.39 is 18.4 Å². The minimum Gasteiger partial charge on any atom is -0.349 e. The molecule has 2 aromatic rings. The summed E-state index contributed by atoms with van der Waals surface area (Å²) in [6, 6.07) is 7.02. The molecule has 1 aliphatic carbocycles. The second kappa shape index (κ2) is 9.06. The third-order valence-electron chi connectivity index (χ3n) is 6.26. The Balaban J connectivity index is 1.35. The van der Waals surface area contributed by atoms with Gasteiger partial charge in [0.25, 0.3) is 11.8 Å². The van der Waals surface area contributed by atoms with Gasteiger partial charge < -0.3 is 25.8 Å². The van der Waals surface area contributed by atoms with Crippen LogP contribution in [0.25, 0.3) is 0 Å². The van der Waals surface area contributed by atoms with Gasteiger partial charge in [0.15, 0.2) is 5.82 Å². The van der Waals surface area contributed by atoms with Crippen molar-refractivity contribution < 1.29 is 18.4 Å². The Kier molecular flexibility index (Phi) is 5.93. The van der Waals surface area contributed by atoms with Crippen LogP contribution < -0.4 is 25.8 Å². The molecule has 182 valence electrons. The monoisotopic (exact) mass is 481 g/mol. The molecule has 2 aliphatic heterocycles. The van der Waals surface area contributed by atoms with E-state index >= 15 is 0 Å². The zero-order chi connectivity index (χ0) is 24.6. The maximum Gasteiger partial charge on any atom is 0.342 e. The fourth-order valence-electron chi connectivity index (χ4n) is 4.20. The van der Waals surface area contributed by atoms with Crippen LogP contribution in [-0.4, -0.2) is 60.4 Å². The number of hydrogen-bond acceptors (Lipinski definition) is 7. The van der Waals surface area contributed by atoms with Crippen LogP contribution in [0.4, 0.5) is 31.9 Å². The van der Waals surface area contributed by atoms with Crippen LogP contribution in [0, 0.1) is 0 Å². The molecule has 0 saturated carbocycles. The van der Waals surface area contributed by atoms with Crippen molar-refractivity contribution in [1.29, 1.82) is 0 Å². The predicted molar refractivity (Wildman–Crippen MR) is 128 cm³/mol. The van der Waals surface area contributed by atoms with Crippen molar-refractivity contribution in [2.75, 3.05) is 41.8 Å². The molecule has 3 N–H and O–H groups in total. The van der Waals surface area contributed by atoms with Gasteiger partial charge in [-0.05, 0) is 62.3 Å². The lowest BCUT2D eigenvalue weighted by Gasteiger charge is -2.28. The van der Waals surface area contributed by atoms with E-state index in [9.17, 15) is 18.4 Å². The number of fused-ring (bicyclic) bond motifs is 1. The molecular formula is C24H25F2N7O2. The van der Waals surface area contributed by atoms with Gasteiger partial charge in [0.2, 0.25) is 5.95 Å². The molecule has 0 unspecified atom stereocenters. The zero-order valence-electron chi connectivity index (χ0n) is 19.1. The van der Waals surface area contributed by atoms with Crippen LogP contribution in [0.2, 0.25) is 0 Å². The van der Waals surface area contributed by atoms with Crippen LogP contribution in [0.3, 0.4) is 0 Å². The Bertz CT molecular complexity index is 1210. The number of carbonyl (C=O) groups excluding carboxylic acids is 2. The first-order chi connectivity index (χ1) is 16.8. The minimum atomic E-state index is -3.59. The number of allylic oxidation sites excluding steroid dienone is 3. The summed E-state index contributed by atoms with van der Waals surface area (Å²) in [4.78, 5) is 35.7. The van der Waals surface area contributed by atoms with Crippen molar-refractivity contribution in [1.82, 2.24) is 20.6 Å². The first-order valence-corrected chi connectivity index (χ1v) is 11.4. The molecule has 3 aliphatic rings. The van der Waals surface area contributed by atoms with Crippen LogP contribution in [0.1, 0.15) is 23.2 Å². The molecule has 0 bridgehead atoms. The quantitative estimate of drug-likeness (QED) is 0.603. The number of anilines is 4. The lowest BCUT2D eigenvalue weighted by atomic mass is 10.1. The van der Waals surface area contributed by atoms with Crippen molar-refractivity contribution in [3.63, 3.8) is 0 Å². The number of aromatic nitrogens is 2. The SMILES string of the molecule is CN1C(=O)C(F)(F)CN(C2=CC=C2)c2nc(Nc3ccc(C(=O)NC4CCNCC4)cc3)ncc21. The van der Waals surface area contributed by atoms with Crippen molar-refractivity contribution >= 4 is 35.0 Å². The average Bonchev–Trinajstić information content (AvgIpc) is 2.88. The summed E-state index contributed by atoms with van der Waals surface area (Å²) in [5, 5.41) is 9.37. The number of nitrogens with one attached hydrogen (secondary N) is 3. The zero-order valence-corrected chi connectivity index (χ0v) is 19.1. The molecule has 0 atom stereocenters. The summed E-state index contributed by atoms with van der Waals surface area (Å²) in [5.74, 6) is -4.65. The molecule has 1 fully saturated rings. The van der Waals surface area contributed by atoms with E-state index in [0.717, 1.165) is 30.8 Å². The summed E-state index contributed by atoms with van der Waals surface area (Å²) in [6.07, 6.45) is 8.24.